The molecule has 0 amide bonds. The molecule has 8 bridgehead atoms. The van der Waals surface area contributed by atoms with Crippen LogP contribution in [0.5, 0.6) is 0 Å². The molecule has 2 N–H and O–H groups in total. The Morgan fingerprint density at radius 3 is 0.756 bits per heavy atom. The highest BCUT2D eigenvalue weighted by Crippen LogP contribution is 2.42. The van der Waals surface area contributed by atoms with Crippen LogP contribution < -0.4 is 0 Å². The molecule has 3 aromatic heterocycles. The van der Waals surface area contributed by atoms with E-state index >= 15 is 0 Å². The van der Waals surface area contributed by atoms with Gasteiger partial charge in [0.15, 0.2) is 0 Å². The number of aromatic nitrogens is 4. The number of hydrogen-bond donors (Lipinski definition) is 2. The lowest BCUT2D eigenvalue weighted by molar-refractivity contribution is 0.568. The largest absolute Gasteiger partial charge is 0.354 e. The minimum Gasteiger partial charge on any atom is -0.354 e. The minimum atomic E-state index is -0.111. The smallest absolute Gasteiger partial charge is 0.0737 e. The Morgan fingerprint density at radius 1 is 0.280 bits per heavy atom. The summed E-state index contributed by atoms with van der Waals surface area (Å²) < 4.78 is 0. The third kappa shape index (κ3) is 11.6. The summed E-state index contributed by atoms with van der Waals surface area (Å²) in [4.78, 5) is 19.5. The molecule has 6 aromatic carbocycles. The number of nitrogens with zero attached hydrogens (tertiary/aromatic N) is 2. The van der Waals surface area contributed by atoms with Gasteiger partial charge in [-0.1, -0.05) is 203 Å². The van der Waals surface area contributed by atoms with Crippen LogP contribution >= 0.6 is 0 Å². The van der Waals surface area contributed by atoms with Gasteiger partial charge in [0.2, 0.25) is 0 Å². The van der Waals surface area contributed by atoms with E-state index in [0.717, 1.165) is 112 Å². The van der Waals surface area contributed by atoms with Crippen LogP contribution in [-0.2, 0) is 21.7 Å². The fraction of sp³-hybridized carbons (Fsp3) is 0.231. The van der Waals surface area contributed by atoms with Crippen LogP contribution in [0.4, 0.5) is 0 Å². The molecule has 5 heterocycles. The van der Waals surface area contributed by atoms with Crippen molar-refractivity contribution in [3.63, 3.8) is 0 Å². The molecule has 0 fully saturated rings. The van der Waals surface area contributed by atoms with Gasteiger partial charge < -0.3 is 9.97 Å². The first-order valence-corrected chi connectivity index (χ1v) is 28.8. The Balaban J connectivity index is 1.24. The van der Waals surface area contributed by atoms with Crippen LogP contribution in [0, 0.1) is 37.5 Å². The SMILES string of the molecule is Cc1ccc(C#Cc2ccc(-c3c4nc(c(-c5cc(C(C)(C)C)cc(C(C)(C)C)c5)c5ccc([nH]5)c(-c5ccc(C#Cc6ccc(C)cc6)cc5)c5nc(c(-c6cc(C(C)(C)C)cc(C(C)(C)C)c6)c6ccc3[nH]6)C=C5)C=C4)cc2)cc1. The van der Waals surface area contributed by atoms with Crippen molar-refractivity contribution in [1.82, 2.24) is 19.9 Å². The molecule has 0 saturated heterocycles. The van der Waals surface area contributed by atoms with E-state index in [1.807, 2.05) is 0 Å². The zero-order chi connectivity index (χ0) is 57.9. The maximum absolute atomic E-state index is 5.73. The summed E-state index contributed by atoms with van der Waals surface area (Å²) in [5.41, 5.74) is 26.5. The summed E-state index contributed by atoms with van der Waals surface area (Å²) in [5, 5.41) is 0. The molecular formula is C78H74N4. The molecule has 0 radical (unpaired) electrons. The quantitative estimate of drug-likeness (QED) is 0.173. The molecule has 2 aliphatic rings. The molecule has 4 heteroatoms. The topological polar surface area (TPSA) is 57.4 Å². The Bertz CT molecular complexity index is 3980. The second-order valence-corrected chi connectivity index (χ2v) is 26.5. The summed E-state index contributed by atoms with van der Waals surface area (Å²) in [7, 11) is 0. The predicted molar refractivity (Wildman–Crippen MR) is 350 cm³/mol. The van der Waals surface area contributed by atoms with Crippen LogP contribution in [0.25, 0.3) is 90.9 Å². The zero-order valence-corrected chi connectivity index (χ0v) is 50.2. The average molecular weight is 1070 g/mol. The van der Waals surface area contributed by atoms with Gasteiger partial charge in [0.1, 0.15) is 0 Å². The molecule has 0 unspecified atom stereocenters. The molecular weight excluding hydrogens is 993 g/mol. The van der Waals surface area contributed by atoms with Crippen molar-refractivity contribution in [2.24, 2.45) is 0 Å². The van der Waals surface area contributed by atoms with Gasteiger partial charge in [-0.2, -0.15) is 0 Å². The normalized spacial score (nSPS) is 12.5. The number of rotatable bonds is 4. The number of fused-ring (bicyclic) bond motifs is 8. The number of aromatic amines is 2. The highest BCUT2D eigenvalue weighted by molar-refractivity contribution is 6.00. The number of nitrogens with one attached hydrogen (secondary N) is 2. The van der Waals surface area contributed by atoms with E-state index in [1.54, 1.807) is 0 Å². The van der Waals surface area contributed by atoms with Crippen molar-refractivity contribution < 1.29 is 0 Å². The number of benzene rings is 6. The van der Waals surface area contributed by atoms with E-state index in [2.05, 4.69) is 313 Å². The summed E-state index contributed by atoms with van der Waals surface area (Å²) in [6.07, 6.45) is 8.78. The van der Waals surface area contributed by atoms with Crippen molar-refractivity contribution in [3.8, 4) is 68.2 Å². The minimum absolute atomic E-state index is 0.111. The van der Waals surface area contributed by atoms with Gasteiger partial charge in [0.05, 0.1) is 22.8 Å². The predicted octanol–water partition coefficient (Wildman–Crippen LogP) is 19.9. The van der Waals surface area contributed by atoms with Gasteiger partial charge in [-0.05, 0) is 177 Å². The first-order chi connectivity index (χ1) is 38.9. The first-order valence-electron chi connectivity index (χ1n) is 28.8. The van der Waals surface area contributed by atoms with E-state index in [1.165, 1.54) is 33.4 Å². The second-order valence-electron chi connectivity index (χ2n) is 26.5. The molecule has 0 spiro atoms. The fourth-order valence-electron chi connectivity index (χ4n) is 10.7. The van der Waals surface area contributed by atoms with Crippen molar-refractivity contribution in [2.75, 3.05) is 0 Å². The van der Waals surface area contributed by atoms with E-state index in [4.69, 9.17) is 9.97 Å². The van der Waals surface area contributed by atoms with Crippen molar-refractivity contribution in [3.05, 3.63) is 236 Å². The summed E-state index contributed by atoms with van der Waals surface area (Å²) in [6.45, 7) is 31.8. The molecule has 406 valence electrons. The molecule has 9 aromatic rings. The van der Waals surface area contributed by atoms with Gasteiger partial charge in [-0.15, -0.1) is 0 Å². The summed E-state index contributed by atoms with van der Waals surface area (Å²) in [6, 6.07) is 57.1. The monoisotopic (exact) mass is 1070 g/mol. The van der Waals surface area contributed by atoms with Gasteiger partial charge in [-0.25, -0.2) is 9.97 Å². The van der Waals surface area contributed by atoms with Crippen LogP contribution in [0.1, 0.15) is 161 Å². The van der Waals surface area contributed by atoms with Gasteiger partial charge in [0, 0.05) is 66.6 Å². The first kappa shape index (κ1) is 55.0. The Morgan fingerprint density at radius 2 is 0.512 bits per heavy atom. The Hall–Kier alpha value is -8.96. The lowest BCUT2D eigenvalue weighted by atomic mass is 9.78. The van der Waals surface area contributed by atoms with Crippen molar-refractivity contribution in [1.29, 1.82) is 0 Å². The van der Waals surface area contributed by atoms with E-state index in [9.17, 15) is 0 Å². The lowest BCUT2D eigenvalue weighted by Crippen LogP contribution is -2.16. The highest BCUT2D eigenvalue weighted by atomic mass is 14.8. The van der Waals surface area contributed by atoms with Crippen LogP contribution in [-0.4, -0.2) is 19.9 Å². The van der Waals surface area contributed by atoms with E-state index < -0.39 is 0 Å². The van der Waals surface area contributed by atoms with Gasteiger partial charge in [-0.3, -0.25) is 0 Å². The number of aryl methyl sites for hydroxylation is 2. The van der Waals surface area contributed by atoms with Gasteiger partial charge >= 0.3 is 0 Å². The Kier molecular flexibility index (Phi) is 14.2. The van der Waals surface area contributed by atoms with Crippen LogP contribution in [0.15, 0.2) is 158 Å². The molecule has 82 heavy (non-hydrogen) atoms. The van der Waals surface area contributed by atoms with Gasteiger partial charge in [0.25, 0.3) is 0 Å². The summed E-state index contributed by atoms with van der Waals surface area (Å²) >= 11 is 0. The zero-order valence-electron chi connectivity index (χ0n) is 50.2. The average Bonchev–Trinajstić information content (AvgIpc) is 4.20. The standard InChI is InChI=1S/C78H74N4/c1-49-15-19-51(20-16-49)23-25-53-27-31-55(32-28-53)71-63-35-39-67(79-63)73(57-43-59(75(3,4)5)47-60(44-57)76(6,7)8)69-41-37-65(81-69)72(56-33-29-54(30-34-56)26-24-52-21-17-50(2)18-22-52)66-38-42-70(82-66)74(68-40-36-64(71)80-68)58-45-61(77(9,10)11)48-62(46-58)78(12,13)14/h15-22,27-48,79,82H,1-14H3. The number of H-pyrrole nitrogens is 2. The molecule has 4 nitrogen and oxygen atoms in total. The fourth-order valence-corrected chi connectivity index (χ4v) is 10.7. The highest BCUT2D eigenvalue weighted by Gasteiger charge is 2.26. The van der Waals surface area contributed by atoms with E-state index in [-0.39, 0.29) is 21.7 Å². The third-order valence-corrected chi connectivity index (χ3v) is 15.8. The molecule has 0 saturated carbocycles. The molecule has 0 atom stereocenters. The second kappa shape index (κ2) is 21.2. The Labute approximate surface area is 486 Å². The maximum atomic E-state index is 5.73. The molecule has 0 aliphatic carbocycles. The van der Waals surface area contributed by atoms with Crippen molar-refractivity contribution >= 4 is 46.4 Å². The third-order valence-electron chi connectivity index (χ3n) is 15.8. The maximum Gasteiger partial charge on any atom is 0.0737 e. The molecule has 2 aliphatic heterocycles. The molecule has 11 rings (SSSR count). The number of hydrogen-bond acceptors (Lipinski definition) is 2. The lowest BCUT2D eigenvalue weighted by Gasteiger charge is -2.26. The van der Waals surface area contributed by atoms with E-state index in [0.29, 0.717) is 0 Å². The van der Waals surface area contributed by atoms with Crippen LogP contribution in [0.3, 0.4) is 0 Å². The van der Waals surface area contributed by atoms with Crippen LogP contribution in [0.2, 0.25) is 0 Å². The summed E-state index contributed by atoms with van der Waals surface area (Å²) in [5.74, 6) is 13.6. The van der Waals surface area contributed by atoms with Crippen molar-refractivity contribution in [2.45, 2.75) is 119 Å².